The van der Waals surface area contributed by atoms with Crippen LogP contribution in [0.5, 0.6) is 0 Å². The monoisotopic (exact) mass is 314 g/mol. The Morgan fingerprint density at radius 1 is 1.39 bits per heavy atom. The van der Waals surface area contributed by atoms with E-state index < -0.39 is 6.04 Å². The minimum atomic E-state index is -0.487. The number of carbonyl (C=O) groups is 3. The molecule has 0 spiro atoms. The first-order valence-corrected chi connectivity index (χ1v) is 7.55. The van der Waals surface area contributed by atoms with E-state index in [-0.39, 0.29) is 30.4 Å². The zero-order valence-electron chi connectivity index (χ0n) is 12.6. The molecule has 0 aromatic carbocycles. The molecular weight excluding hydrogens is 296 g/mol. The highest BCUT2D eigenvalue weighted by Crippen LogP contribution is 2.27. The van der Waals surface area contributed by atoms with Crippen molar-refractivity contribution >= 4 is 17.8 Å². The smallest absolute Gasteiger partial charge is 0.327 e. The number of fused-ring (bicyclic) bond motifs is 1. The first-order chi connectivity index (χ1) is 11.1. The van der Waals surface area contributed by atoms with Crippen molar-refractivity contribution in [2.45, 2.75) is 24.9 Å². The van der Waals surface area contributed by atoms with E-state index in [0.717, 1.165) is 0 Å². The third-order valence-electron chi connectivity index (χ3n) is 4.22. The zero-order valence-corrected chi connectivity index (χ0v) is 12.6. The molecule has 2 atom stereocenters. The molecule has 7 heteroatoms. The maximum absolute atomic E-state index is 12.3. The lowest BCUT2D eigenvalue weighted by molar-refractivity contribution is -0.128. The van der Waals surface area contributed by atoms with Gasteiger partial charge in [-0.05, 0) is 25.0 Å². The first-order valence-electron chi connectivity index (χ1n) is 7.55. The van der Waals surface area contributed by atoms with Crippen molar-refractivity contribution in [2.75, 3.05) is 13.1 Å². The molecule has 2 fully saturated rings. The van der Waals surface area contributed by atoms with Crippen LogP contribution in [0.15, 0.2) is 37.2 Å². The molecular formula is C16H18N4O3. The zero-order chi connectivity index (χ0) is 16.4. The number of rotatable bonds is 4. The van der Waals surface area contributed by atoms with Gasteiger partial charge in [-0.2, -0.15) is 0 Å². The molecule has 7 nitrogen and oxygen atoms in total. The van der Waals surface area contributed by atoms with Crippen LogP contribution < -0.4 is 5.32 Å². The maximum atomic E-state index is 12.3. The molecule has 0 aliphatic carbocycles. The summed E-state index contributed by atoms with van der Waals surface area (Å²) >= 11 is 0. The number of nitrogens with one attached hydrogen (secondary N) is 1. The van der Waals surface area contributed by atoms with Crippen molar-refractivity contribution in [3.05, 3.63) is 42.7 Å². The van der Waals surface area contributed by atoms with Gasteiger partial charge in [0.05, 0.1) is 0 Å². The number of pyridine rings is 1. The molecule has 23 heavy (non-hydrogen) atoms. The molecule has 1 aromatic heterocycles. The molecule has 0 bridgehead atoms. The van der Waals surface area contributed by atoms with E-state index in [4.69, 9.17) is 0 Å². The van der Waals surface area contributed by atoms with Crippen LogP contribution in [0.2, 0.25) is 0 Å². The van der Waals surface area contributed by atoms with Gasteiger partial charge in [0.2, 0.25) is 0 Å². The summed E-state index contributed by atoms with van der Waals surface area (Å²) in [6, 6.07) is 2.40. The Morgan fingerprint density at radius 3 is 2.83 bits per heavy atom. The predicted molar refractivity (Wildman–Crippen MR) is 82.5 cm³/mol. The third kappa shape index (κ3) is 2.81. The highest BCUT2D eigenvalue weighted by Gasteiger charge is 2.47. The average molecular weight is 314 g/mol. The molecule has 1 aromatic rings. The Kier molecular flexibility index (Phi) is 4.10. The summed E-state index contributed by atoms with van der Waals surface area (Å²) in [5.74, 6) is -0.400. The number of nitrogens with zero attached hydrogens (tertiary/aromatic N) is 3. The predicted octanol–water partition coefficient (Wildman–Crippen LogP) is 0.793. The lowest BCUT2D eigenvalue weighted by Gasteiger charge is -2.32. The van der Waals surface area contributed by atoms with Gasteiger partial charge >= 0.3 is 6.03 Å². The SMILES string of the molecule is C=CCN1C(=O)C2CC(NC(=O)c3ccncc3)CCN2C1=O. The fraction of sp³-hybridized carbons (Fsp3) is 0.375. The molecule has 120 valence electrons. The number of amides is 4. The number of aromatic nitrogens is 1. The third-order valence-corrected chi connectivity index (χ3v) is 4.22. The molecule has 0 radical (unpaired) electrons. The highest BCUT2D eigenvalue weighted by molar-refractivity contribution is 6.04. The molecule has 2 aliphatic heterocycles. The summed E-state index contributed by atoms with van der Waals surface area (Å²) in [7, 11) is 0. The Morgan fingerprint density at radius 2 is 2.13 bits per heavy atom. The van der Waals surface area contributed by atoms with E-state index in [2.05, 4.69) is 16.9 Å². The van der Waals surface area contributed by atoms with Gasteiger partial charge in [0.15, 0.2) is 0 Å². The average Bonchev–Trinajstić information content (AvgIpc) is 2.81. The van der Waals surface area contributed by atoms with Gasteiger partial charge in [-0.25, -0.2) is 4.79 Å². The standard InChI is InChI=1S/C16H18N4O3/c1-2-8-20-15(22)13-10-12(5-9-19(13)16(20)23)18-14(21)11-3-6-17-7-4-11/h2-4,6-7,12-13H,1,5,8-10H2,(H,18,21). The fourth-order valence-corrected chi connectivity index (χ4v) is 3.06. The summed E-state index contributed by atoms with van der Waals surface area (Å²) in [6.45, 7) is 4.25. The van der Waals surface area contributed by atoms with Gasteiger partial charge in [-0.1, -0.05) is 6.08 Å². The van der Waals surface area contributed by atoms with Crippen molar-refractivity contribution in [1.82, 2.24) is 20.1 Å². The van der Waals surface area contributed by atoms with Gasteiger partial charge in [0.25, 0.3) is 11.8 Å². The molecule has 2 saturated heterocycles. The number of carbonyl (C=O) groups excluding carboxylic acids is 3. The van der Waals surface area contributed by atoms with E-state index >= 15 is 0 Å². The highest BCUT2D eigenvalue weighted by atomic mass is 16.2. The number of hydrogen-bond acceptors (Lipinski definition) is 4. The van der Waals surface area contributed by atoms with Crippen molar-refractivity contribution in [1.29, 1.82) is 0 Å². The van der Waals surface area contributed by atoms with Gasteiger partial charge in [-0.15, -0.1) is 6.58 Å². The van der Waals surface area contributed by atoms with Crippen LogP contribution in [-0.4, -0.2) is 57.8 Å². The van der Waals surface area contributed by atoms with Crippen molar-refractivity contribution in [3.63, 3.8) is 0 Å². The molecule has 4 amide bonds. The quantitative estimate of drug-likeness (QED) is 0.658. The normalized spacial score (nSPS) is 23.7. The molecule has 3 rings (SSSR count). The van der Waals surface area contributed by atoms with Crippen LogP contribution in [0.4, 0.5) is 4.79 Å². The Bertz CT molecular complexity index is 646. The summed E-state index contributed by atoms with van der Waals surface area (Å²) in [4.78, 5) is 43.4. The topological polar surface area (TPSA) is 82.6 Å². The Labute approximate surface area is 134 Å². The maximum Gasteiger partial charge on any atom is 0.327 e. The van der Waals surface area contributed by atoms with Crippen LogP contribution in [-0.2, 0) is 4.79 Å². The number of urea groups is 1. The van der Waals surface area contributed by atoms with E-state index in [1.807, 2.05) is 0 Å². The van der Waals surface area contributed by atoms with E-state index in [1.165, 1.54) is 11.0 Å². The molecule has 1 N–H and O–H groups in total. The summed E-state index contributed by atoms with van der Waals surface area (Å²) in [5.41, 5.74) is 0.532. The first kappa shape index (κ1) is 15.2. The number of hydrogen-bond donors (Lipinski definition) is 1. The van der Waals surface area contributed by atoms with Crippen molar-refractivity contribution < 1.29 is 14.4 Å². The second kappa shape index (κ2) is 6.20. The van der Waals surface area contributed by atoms with Gasteiger partial charge in [0.1, 0.15) is 6.04 Å². The van der Waals surface area contributed by atoms with E-state index in [0.29, 0.717) is 24.9 Å². The molecule has 2 aliphatic rings. The van der Waals surface area contributed by atoms with Crippen LogP contribution in [0, 0.1) is 0 Å². The van der Waals surface area contributed by atoms with Gasteiger partial charge < -0.3 is 10.2 Å². The van der Waals surface area contributed by atoms with E-state index in [1.54, 1.807) is 29.4 Å². The molecule has 2 unspecified atom stereocenters. The lowest BCUT2D eigenvalue weighted by Crippen LogP contribution is -2.49. The fourth-order valence-electron chi connectivity index (χ4n) is 3.06. The second-order valence-corrected chi connectivity index (χ2v) is 5.66. The summed E-state index contributed by atoms with van der Waals surface area (Å²) in [6.07, 6.45) is 5.73. The minimum Gasteiger partial charge on any atom is -0.349 e. The van der Waals surface area contributed by atoms with Crippen molar-refractivity contribution in [2.24, 2.45) is 0 Å². The number of piperidine rings is 1. The second-order valence-electron chi connectivity index (χ2n) is 5.66. The summed E-state index contributed by atoms with van der Waals surface area (Å²) < 4.78 is 0. The summed E-state index contributed by atoms with van der Waals surface area (Å²) in [5, 5.41) is 2.93. The van der Waals surface area contributed by atoms with Crippen LogP contribution in [0.25, 0.3) is 0 Å². The number of imide groups is 1. The van der Waals surface area contributed by atoms with E-state index in [9.17, 15) is 14.4 Å². The molecule has 3 heterocycles. The van der Waals surface area contributed by atoms with Crippen LogP contribution in [0.3, 0.4) is 0 Å². The Balaban J connectivity index is 1.66. The minimum absolute atomic E-state index is 0.127. The lowest BCUT2D eigenvalue weighted by atomic mass is 9.97. The largest absolute Gasteiger partial charge is 0.349 e. The van der Waals surface area contributed by atoms with Crippen molar-refractivity contribution in [3.8, 4) is 0 Å². The molecule has 0 saturated carbocycles. The van der Waals surface area contributed by atoms with Gasteiger partial charge in [0, 0.05) is 37.1 Å². The Hall–Kier alpha value is -2.70. The van der Waals surface area contributed by atoms with Gasteiger partial charge in [-0.3, -0.25) is 19.5 Å². The van der Waals surface area contributed by atoms with Crippen LogP contribution >= 0.6 is 0 Å². The van der Waals surface area contributed by atoms with Crippen LogP contribution in [0.1, 0.15) is 23.2 Å².